The Morgan fingerprint density at radius 1 is 1.00 bits per heavy atom. The summed E-state index contributed by atoms with van der Waals surface area (Å²) in [5.41, 5.74) is -1.08. The smallest absolute Gasteiger partial charge is 0.274 e. The van der Waals surface area contributed by atoms with Gasteiger partial charge < -0.3 is 0 Å². The van der Waals surface area contributed by atoms with E-state index in [1.807, 2.05) is 12.2 Å². The first kappa shape index (κ1) is 15.4. The van der Waals surface area contributed by atoms with E-state index in [0.29, 0.717) is 11.8 Å². The van der Waals surface area contributed by atoms with E-state index < -0.39 is 35.4 Å². The van der Waals surface area contributed by atoms with E-state index in [9.17, 15) is 22.8 Å². The first-order valence-corrected chi connectivity index (χ1v) is 8.59. The molecule has 0 radical (unpaired) electrons. The van der Waals surface area contributed by atoms with Crippen LogP contribution in [0, 0.1) is 35.5 Å². The number of imide groups is 1. The highest BCUT2D eigenvalue weighted by molar-refractivity contribution is 6.36. The van der Waals surface area contributed by atoms with E-state index in [0.717, 1.165) is 29.5 Å². The molecule has 4 aliphatic carbocycles. The van der Waals surface area contributed by atoms with Gasteiger partial charge in [-0.05, 0) is 48.3 Å². The van der Waals surface area contributed by atoms with Crippen molar-refractivity contribution < 1.29 is 22.8 Å². The number of nitrogens with zero attached hydrogens (tertiary/aromatic N) is 1. The van der Waals surface area contributed by atoms with Gasteiger partial charge in [0, 0.05) is 0 Å². The largest absolute Gasteiger partial charge is 0.416 e. The van der Waals surface area contributed by atoms with Crippen LogP contribution in [0.1, 0.15) is 12.0 Å². The van der Waals surface area contributed by atoms with E-state index in [2.05, 4.69) is 0 Å². The molecule has 1 aromatic rings. The molecule has 1 aromatic carbocycles. The van der Waals surface area contributed by atoms with Crippen LogP contribution in [0.15, 0.2) is 30.4 Å². The minimum Gasteiger partial charge on any atom is -0.274 e. The van der Waals surface area contributed by atoms with E-state index in [4.69, 9.17) is 11.6 Å². The molecular formula is C18H13ClF3NO2. The van der Waals surface area contributed by atoms with Gasteiger partial charge in [0.25, 0.3) is 0 Å². The number of allylic oxidation sites excluding steroid dienone is 2. The molecule has 1 heterocycles. The van der Waals surface area contributed by atoms with Crippen molar-refractivity contribution in [3.05, 3.63) is 40.9 Å². The van der Waals surface area contributed by atoms with Crippen molar-refractivity contribution in [3.63, 3.8) is 0 Å². The SMILES string of the molecule is O=C1[C@@H]2[C@H]3C=C[C@@H]([C@@H]4C[C@@H]34)[C@@H]2C(=O)N1c1cc(C(F)(F)F)ccc1Cl. The van der Waals surface area contributed by atoms with Gasteiger partial charge in [-0.1, -0.05) is 23.8 Å². The maximum Gasteiger partial charge on any atom is 0.416 e. The van der Waals surface area contributed by atoms with Gasteiger partial charge in [-0.25, -0.2) is 4.90 Å². The summed E-state index contributed by atoms with van der Waals surface area (Å²) < 4.78 is 39.1. The Morgan fingerprint density at radius 2 is 1.56 bits per heavy atom. The lowest BCUT2D eigenvalue weighted by atomic mass is 9.63. The van der Waals surface area contributed by atoms with Gasteiger partial charge in [0.05, 0.1) is 28.1 Å². The Morgan fingerprint density at radius 3 is 2.08 bits per heavy atom. The molecule has 7 heteroatoms. The maximum atomic E-state index is 13.0. The van der Waals surface area contributed by atoms with Crippen LogP contribution in [0.4, 0.5) is 18.9 Å². The monoisotopic (exact) mass is 367 g/mol. The van der Waals surface area contributed by atoms with Crippen molar-refractivity contribution in [2.45, 2.75) is 12.6 Å². The van der Waals surface area contributed by atoms with Gasteiger partial charge in [-0.15, -0.1) is 0 Å². The van der Waals surface area contributed by atoms with Crippen molar-refractivity contribution in [2.75, 3.05) is 4.90 Å². The minimum absolute atomic E-state index is 0.0195. The zero-order chi connectivity index (χ0) is 17.7. The van der Waals surface area contributed by atoms with Gasteiger partial charge in [-0.2, -0.15) is 13.2 Å². The number of anilines is 1. The molecule has 6 rings (SSSR count). The fourth-order valence-electron chi connectivity index (χ4n) is 5.05. The normalized spacial score (nSPS) is 38.2. The predicted octanol–water partition coefficient (Wildman–Crippen LogP) is 3.92. The molecule has 25 heavy (non-hydrogen) atoms. The average Bonchev–Trinajstić information content (AvgIpc) is 3.32. The quantitative estimate of drug-likeness (QED) is 0.557. The van der Waals surface area contributed by atoms with Crippen LogP contribution in [0.25, 0.3) is 0 Å². The Hall–Kier alpha value is -1.82. The fourth-order valence-corrected chi connectivity index (χ4v) is 5.26. The molecule has 0 unspecified atom stereocenters. The molecule has 3 fully saturated rings. The van der Waals surface area contributed by atoms with Gasteiger partial charge in [0.1, 0.15) is 0 Å². The molecule has 2 saturated carbocycles. The van der Waals surface area contributed by atoms with Gasteiger partial charge in [0.2, 0.25) is 11.8 Å². The number of carbonyl (C=O) groups excluding carboxylic acids is 2. The summed E-state index contributed by atoms with van der Waals surface area (Å²) in [5, 5.41) is -0.0289. The van der Waals surface area contributed by atoms with Crippen LogP contribution < -0.4 is 4.90 Å². The second-order valence-electron chi connectivity index (χ2n) is 7.33. The molecule has 0 N–H and O–H groups in total. The summed E-state index contributed by atoms with van der Waals surface area (Å²) in [4.78, 5) is 26.8. The number of alkyl halides is 3. The Labute approximate surface area is 146 Å². The number of benzene rings is 1. The van der Waals surface area contributed by atoms with E-state index in [1.165, 1.54) is 0 Å². The zero-order valence-electron chi connectivity index (χ0n) is 12.8. The molecule has 0 aromatic heterocycles. The lowest BCUT2D eigenvalue weighted by molar-refractivity contribution is -0.137. The summed E-state index contributed by atoms with van der Waals surface area (Å²) in [5.74, 6) is -0.845. The van der Waals surface area contributed by atoms with Crippen molar-refractivity contribution in [3.8, 4) is 0 Å². The molecule has 1 aliphatic heterocycles. The van der Waals surface area contributed by atoms with Crippen molar-refractivity contribution in [1.82, 2.24) is 0 Å². The van der Waals surface area contributed by atoms with Crippen molar-refractivity contribution >= 4 is 29.1 Å². The van der Waals surface area contributed by atoms with E-state index in [1.54, 1.807) is 0 Å². The summed E-state index contributed by atoms with van der Waals surface area (Å²) in [7, 11) is 0. The average molecular weight is 368 g/mol. The predicted molar refractivity (Wildman–Crippen MR) is 83.6 cm³/mol. The fraction of sp³-hybridized carbons (Fsp3) is 0.444. The molecule has 2 amide bonds. The molecule has 130 valence electrons. The van der Waals surface area contributed by atoms with E-state index >= 15 is 0 Å². The molecule has 0 spiro atoms. The number of halogens is 4. The third-order valence-corrected chi connectivity index (χ3v) is 6.50. The van der Waals surface area contributed by atoms with Crippen LogP contribution in [0.5, 0.6) is 0 Å². The number of amides is 2. The molecule has 2 bridgehead atoms. The molecular weight excluding hydrogens is 355 g/mol. The van der Waals surface area contributed by atoms with Crippen molar-refractivity contribution in [2.24, 2.45) is 35.5 Å². The van der Waals surface area contributed by atoms with Crippen LogP contribution in [0.2, 0.25) is 5.02 Å². The topological polar surface area (TPSA) is 37.4 Å². The van der Waals surface area contributed by atoms with Crippen molar-refractivity contribution in [1.29, 1.82) is 0 Å². The van der Waals surface area contributed by atoms with Gasteiger partial charge in [-0.3, -0.25) is 9.59 Å². The van der Waals surface area contributed by atoms with Gasteiger partial charge >= 0.3 is 6.18 Å². The van der Waals surface area contributed by atoms with Crippen LogP contribution in [0.3, 0.4) is 0 Å². The second kappa shape index (κ2) is 4.67. The molecule has 1 saturated heterocycles. The zero-order valence-corrected chi connectivity index (χ0v) is 13.6. The van der Waals surface area contributed by atoms with E-state index in [-0.39, 0.29) is 22.5 Å². The summed E-state index contributed by atoms with van der Waals surface area (Å²) in [6, 6.07) is 2.74. The first-order valence-electron chi connectivity index (χ1n) is 8.22. The lowest BCUT2D eigenvalue weighted by Crippen LogP contribution is -2.40. The molecule has 5 aliphatic rings. The number of hydrogen-bond donors (Lipinski definition) is 0. The van der Waals surface area contributed by atoms with Crippen LogP contribution in [-0.2, 0) is 15.8 Å². The Balaban J connectivity index is 1.59. The Kier molecular flexibility index (Phi) is 2.88. The summed E-state index contributed by atoms with van der Waals surface area (Å²) >= 11 is 6.05. The van der Waals surface area contributed by atoms with Crippen LogP contribution >= 0.6 is 11.6 Å². The first-order chi connectivity index (χ1) is 11.8. The second-order valence-corrected chi connectivity index (χ2v) is 7.74. The molecule has 6 atom stereocenters. The van der Waals surface area contributed by atoms with Crippen LogP contribution in [-0.4, -0.2) is 11.8 Å². The lowest BCUT2D eigenvalue weighted by Gasteiger charge is -2.37. The number of rotatable bonds is 1. The summed E-state index contributed by atoms with van der Waals surface area (Å²) in [6.07, 6.45) is 0.491. The third-order valence-electron chi connectivity index (χ3n) is 6.18. The maximum absolute atomic E-state index is 13.0. The Bertz CT molecular complexity index is 813. The summed E-state index contributed by atoms with van der Waals surface area (Å²) in [6.45, 7) is 0. The standard InChI is InChI=1S/C18H13ClF3NO2/c19-12-4-1-7(18(20,21)22)5-13(12)23-16(24)14-8-2-3-9(11-6-10(8)11)15(14)17(23)25/h1-5,8-11,14-15H,6H2/t8-,9-,10-,11-,14-,15+/m0/s1. The minimum atomic E-state index is -4.57. The number of hydrogen-bond acceptors (Lipinski definition) is 2. The number of carbonyl (C=O) groups is 2. The molecule has 3 nitrogen and oxygen atoms in total. The highest BCUT2D eigenvalue weighted by atomic mass is 35.5. The third kappa shape index (κ3) is 1.94. The highest BCUT2D eigenvalue weighted by Crippen LogP contribution is 2.65. The van der Waals surface area contributed by atoms with Gasteiger partial charge in [0.15, 0.2) is 0 Å². The highest BCUT2D eigenvalue weighted by Gasteiger charge is 2.67.